The lowest BCUT2D eigenvalue weighted by Gasteiger charge is -2.25. The lowest BCUT2D eigenvalue weighted by atomic mass is 9.99. The van der Waals surface area contributed by atoms with Crippen molar-refractivity contribution in [2.45, 2.75) is 13.0 Å². The molecule has 0 radical (unpaired) electrons. The standard InChI is InChI=1S/C26H21N9O/c1-33-12-9-16-7-8-18(13-17(16)15-33)30-25-29-14-20-22(32-25)31-23-19-5-2-3-6-21(19)34(35(23)24(20)36)26-27-10-4-11-28-26/h2-8,10-11,13-14H,9,12,15H2,1H3,(H,29,30,32). The fraction of sp³-hybridized carbons (Fsp3) is 0.154. The van der Waals surface area contributed by atoms with E-state index in [2.05, 4.69) is 49.3 Å². The third-order valence-electron chi connectivity index (χ3n) is 6.58. The summed E-state index contributed by atoms with van der Waals surface area (Å²) in [4.78, 5) is 38.5. The van der Waals surface area contributed by atoms with Crippen LogP contribution in [0.25, 0.3) is 33.5 Å². The molecule has 0 atom stereocenters. The number of benzene rings is 2. The number of fused-ring (bicyclic) bond motifs is 5. The van der Waals surface area contributed by atoms with Crippen LogP contribution in [0.2, 0.25) is 0 Å². The summed E-state index contributed by atoms with van der Waals surface area (Å²) in [7, 11) is 2.13. The molecule has 7 rings (SSSR count). The van der Waals surface area contributed by atoms with Crippen LogP contribution in [0.3, 0.4) is 0 Å². The number of nitrogens with zero attached hydrogens (tertiary/aromatic N) is 8. The van der Waals surface area contributed by atoms with Crippen molar-refractivity contribution in [1.82, 2.24) is 39.0 Å². The molecule has 1 aliphatic heterocycles. The van der Waals surface area contributed by atoms with Gasteiger partial charge < -0.3 is 10.2 Å². The molecule has 10 heteroatoms. The summed E-state index contributed by atoms with van der Waals surface area (Å²) >= 11 is 0. The molecule has 1 N–H and O–H groups in total. The number of para-hydroxylation sites is 1. The Labute approximate surface area is 204 Å². The number of hydrogen-bond acceptors (Lipinski definition) is 8. The molecule has 2 aromatic carbocycles. The predicted octanol–water partition coefficient (Wildman–Crippen LogP) is 3.10. The van der Waals surface area contributed by atoms with Crippen molar-refractivity contribution in [3.8, 4) is 5.95 Å². The fourth-order valence-electron chi connectivity index (χ4n) is 4.84. The quantitative estimate of drug-likeness (QED) is 0.416. The highest BCUT2D eigenvalue weighted by Gasteiger charge is 2.19. The van der Waals surface area contributed by atoms with Crippen LogP contribution in [-0.4, -0.2) is 52.6 Å². The molecule has 176 valence electrons. The van der Waals surface area contributed by atoms with Gasteiger partial charge in [0.05, 0.1) is 5.52 Å². The van der Waals surface area contributed by atoms with E-state index in [0.717, 1.165) is 36.1 Å². The lowest BCUT2D eigenvalue weighted by Crippen LogP contribution is -2.26. The summed E-state index contributed by atoms with van der Waals surface area (Å²) in [5.74, 6) is 0.766. The lowest BCUT2D eigenvalue weighted by molar-refractivity contribution is 0.313. The Kier molecular flexibility index (Phi) is 4.55. The Bertz CT molecular complexity index is 1840. The largest absolute Gasteiger partial charge is 0.324 e. The molecule has 0 saturated heterocycles. The van der Waals surface area contributed by atoms with Gasteiger partial charge in [0, 0.05) is 42.8 Å². The molecule has 1 aliphatic rings. The molecule has 0 unspecified atom stereocenters. The van der Waals surface area contributed by atoms with Crippen LogP contribution < -0.4 is 10.9 Å². The minimum atomic E-state index is -0.290. The third kappa shape index (κ3) is 3.23. The summed E-state index contributed by atoms with van der Waals surface area (Å²) < 4.78 is 3.16. The van der Waals surface area contributed by atoms with Crippen molar-refractivity contribution in [3.63, 3.8) is 0 Å². The van der Waals surface area contributed by atoms with Crippen molar-refractivity contribution >= 4 is 39.2 Å². The molecule has 0 amide bonds. The molecule has 0 spiro atoms. The molecule has 5 heterocycles. The predicted molar refractivity (Wildman–Crippen MR) is 137 cm³/mol. The highest BCUT2D eigenvalue weighted by molar-refractivity contribution is 5.95. The van der Waals surface area contributed by atoms with Crippen LogP contribution in [0.4, 0.5) is 11.6 Å². The van der Waals surface area contributed by atoms with Crippen LogP contribution in [0.5, 0.6) is 0 Å². The second-order valence-corrected chi connectivity index (χ2v) is 8.96. The maximum absolute atomic E-state index is 13.7. The Morgan fingerprint density at radius 2 is 1.78 bits per heavy atom. The maximum Gasteiger partial charge on any atom is 0.284 e. The van der Waals surface area contributed by atoms with E-state index in [1.165, 1.54) is 21.8 Å². The molecule has 6 aromatic rings. The molecule has 4 aromatic heterocycles. The van der Waals surface area contributed by atoms with Gasteiger partial charge in [0.25, 0.3) is 5.56 Å². The van der Waals surface area contributed by atoms with Crippen molar-refractivity contribution in [2.75, 3.05) is 18.9 Å². The van der Waals surface area contributed by atoms with Gasteiger partial charge in [-0.25, -0.2) is 24.6 Å². The number of nitrogens with one attached hydrogen (secondary N) is 1. The van der Waals surface area contributed by atoms with Gasteiger partial charge in [0.15, 0.2) is 11.3 Å². The van der Waals surface area contributed by atoms with Crippen molar-refractivity contribution in [3.05, 3.63) is 88.6 Å². The van der Waals surface area contributed by atoms with E-state index in [1.807, 2.05) is 30.3 Å². The zero-order valence-electron chi connectivity index (χ0n) is 19.5. The number of hydrogen-bond donors (Lipinski definition) is 1. The SMILES string of the molecule is CN1CCc2ccc(Nc3ncc4c(=O)n5c(nc4n3)c3ccccc3n5-c3ncccn3)cc2C1. The van der Waals surface area contributed by atoms with Gasteiger partial charge in [0.1, 0.15) is 5.39 Å². The van der Waals surface area contributed by atoms with E-state index in [9.17, 15) is 4.79 Å². The van der Waals surface area contributed by atoms with Gasteiger partial charge in [-0.05, 0) is 54.9 Å². The summed E-state index contributed by atoms with van der Waals surface area (Å²) in [6.45, 7) is 1.98. The molecule has 0 bridgehead atoms. The summed E-state index contributed by atoms with van der Waals surface area (Å²) in [6, 6.07) is 15.7. The number of likely N-dealkylation sites (N-methyl/N-ethyl adjacent to an activating group) is 1. The van der Waals surface area contributed by atoms with E-state index >= 15 is 0 Å². The minimum absolute atomic E-state index is 0.290. The van der Waals surface area contributed by atoms with Crippen LogP contribution in [0.15, 0.2) is 71.9 Å². The van der Waals surface area contributed by atoms with Crippen LogP contribution in [0, 0.1) is 0 Å². The molecule has 0 fully saturated rings. The normalized spacial score (nSPS) is 13.9. The highest BCUT2D eigenvalue weighted by Crippen LogP contribution is 2.25. The number of aromatic nitrogens is 7. The molecule has 36 heavy (non-hydrogen) atoms. The summed E-state index contributed by atoms with van der Waals surface area (Å²) in [6.07, 6.45) is 5.85. The van der Waals surface area contributed by atoms with E-state index < -0.39 is 0 Å². The first-order valence-corrected chi connectivity index (χ1v) is 11.7. The first-order chi connectivity index (χ1) is 17.7. The number of rotatable bonds is 3. The zero-order chi connectivity index (χ0) is 24.2. The second-order valence-electron chi connectivity index (χ2n) is 8.96. The smallest absolute Gasteiger partial charge is 0.284 e. The zero-order valence-corrected chi connectivity index (χ0v) is 19.5. The van der Waals surface area contributed by atoms with Gasteiger partial charge >= 0.3 is 0 Å². The summed E-state index contributed by atoms with van der Waals surface area (Å²) in [5.41, 5.74) is 4.86. The average molecular weight is 476 g/mol. The van der Waals surface area contributed by atoms with Crippen molar-refractivity contribution < 1.29 is 0 Å². The van der Waals surface area contributed by atoms with Crippen LogP contribution in [-0.2, 0) is 13.0 Å². The van der Waals surface area contributed by atoms with Crippen LogP contribution in [0.1, 0.15) is 11.1 Å². The Hall–Kier alpha value is -4.70. The topological polar surface area (TPSA) is 106 Å². The monoisotopic (exact) mass is 475 g/mol. The second kappa shape index (κ2) is 7.92. The van der Waals surface area contributed by atoms with Gasteiger partial charge in [-0.2, -0.15) is 9.50 Å². The minimum Gasteiger partial charge on any atom is -0.324 e. The van der Waals surface area contributed by atoms with E-state index in [-0.39, 0.29) is 5.56 Å². The maximum atomic E-state index is 13.7. The molecule has 0 saturated carbocycles. The van der Waals surface area contributed by atoms with Gasteiger partial charge in [-0.15, -0.1) is 0 Å². The Morgan fingerprint density at radius 3 is 2.67 bits per heavy atom. The first kappa shape index (κ1) is 20.7. The average Bonchev–Trinajstić information content (AvgIpc) is 3.23. The molecular formula is C26H21N9O. The van der Waals surface area contributed by atoms with E-state index in [4.69, 9.17) is 4.98 Å². The van der Waals surface area contributed by atoms with E-state index in [1.54, 1.807) is 23.1 Å². The third-order valence-corrected chi connectivity index (χ3v) is 6.58. The first-order valence-electron chi connectivity index (χ1n) is 11.7. The Balaban J connectivity index is 1.38. The van der Waals surface area contributed by atoms with Crippen molar-refractivity contribution in [2.24, 2.45) is 0 Å². The molecule has 10 nitrogen and oxygen atoms in total. The summed E-state index contributed by atoms with van der Waals surface area (Å²) in [5, 5.41) is 4.39. The number of anilines is 2. The fourth-order valence-corrected chi connectivity index (χ4v) is 4.84. The molecular weight excluding hydrogens is 454 g/mol. The van der Waals surface area contributed by atoms with Crippen LogP contribution >= 0.6 is 0 Å². The Morgan fingerprint density at radius 1 is 0.917 bits per heavy atom. The van der Waals surface area contributed by atoms with Gasteiger partial charge in [0.2, 0.25) is 11.9 Å². The van der Waals surface area contributed by atoms with Gasteiger partial charge in [-0.1, -0.05) is 18.2 Å². The van der Waals surface area contributed by atoms with E-state index in [0.29, 0.717) is 28.6 Å². The highest BCUT2D eigenvalue weighted by atomic mass is 16.1. The molecule has 0 aliphatic carbocycles. The van der Waals surface area contributed by atoms with Crippen molar-refractivity contribution in [1.29, 1.82) is 0 Å². The van der Waals surface area contributed by atoms with Gasteiger partial charge in [-0.3, -0.25) is 4.79 Å².